The van der Waals surface area contributed by atoms with Crippen LogP contribution in [0.5, 0.6) is 0 Å². The lowest BCUT2D eigenvalue weighted by Crippen LogP contribution is -2.63. The number of nitrogens with zero attached hydrogens (tertiary/aromatic N) is 1. The molecule has 288 valence electrons. The number of para-hydroxylation sites is 1. The van der Waals surface area contributed by atoms with Gasteiger partial charge in [-0.05, 0) is 123 Å². The SMILES string of the molecule is C1=CCCC(C2=CC=C(C3CC(Nc4ccccc4C4=CCCC(C5=CCC6C(=C5)C5CCC=CC5N6C5C=CCCC5)=C4)NC(C4C=CC=CC4)N3)CC2)=C1. The lowest BCUT2D eigenvalue weighted by Gasteiger charge is -2.42. The van der Waals surface area contributed by atoms with Crippen molar-refractivity contribution in [1.82, 2.24) is 15.5 Å². The summed E-state index contributed by atoms with van der Waals surface area (Å²) in [6.07, 6.45) is 57.7. The molecule has 0 radical (unpaired) electrons. The molecule has 9 aliphatic rings. The third-order valence-electron chi connectivity index (χ3n) is 14.2. The van der Waals surface area contributed by atoms with E-state index in [2.05, 4.69) is 148 Å². The molecule has 1 aromatic rings. The molecule has 8 atom stereocenters. The molecular formula is C52H60N4. The number of likely N-dealkylation sites (tertiary alicyclic amines) is 1. The smallest absolute Gasteiger partial charge is 0.0798 e. The summed E-state index contributed by atoms with van der Waals surface area (Å²) in [7, 11) is 0. The molecule has 4 heteroatoms. The monoisotopic (exact) mass is 740 g/mol. The van der Waals surface area contributed by atoms with Crippen molar-refractivity contribution >= 4 is 11.3 Å². The van der Waals surface area contributed by atoms with Crippen molar-refractivity contribution in [3.8, 4) is 0 Å². The molecule has 0 bridgehead atoms. The summed E-state index contributed by atoms with van der Waals surface area (Å²) in [6, 6.07) is 11.1. The summed E-state index contributed by atoms with van der Waals surface area (Å²) in [5.41, 5.74) is 13.2. The van der Waals surface area contributed by atoms with Crippen LogP contribution in [0.2, 0.25) is 0 Å². The van der Waals surface area contributed by atoms with Gasteiger partial charge in [-0.2, -0.15) is 0 Å². The molecule has 1 aromatic carbocycles. The van der Waals surface area contributed by atoms with Gasteiger partial charge in [-0.15, -0.1) is 0 Å². The van der Waals surface area contributed by atoms with E-state index in [1.165, 1.54) is 77.6 Å². The molecule has 3 N–H and O–H groups in total. The van der Waals surface area contributed by atoms with Gasteiger partial charge < -0.3 is 5.32 Å². The van der Waals surface area contributed by atoms with Gasteiger partial charge in [0.25, 0.3) is 0 Å². The molecular weight excluding hydrogens is 681 g/mol. The van der Waals surface area contributed by atoms with E-state index >= 15 is 0 Å². The summed E-state index contributed by atoms with van der Waals surface area (Å²) in [5, 5.41) is 12.2. The highest BCUT2D eigenvalue weighted by atomic mass is 15.3. The minimum atomic E-state index is 0.154. The molecule has 8 unspecified atom stereocenters. The van der Waals surface area contributed by atoms with Crippen LogP contribution in [0.4, 0.5) is 5.69 Å². The van der Waals surface area contributed by atoms with Crippen LogP contribution in [0.1, 0.15) is 95.5 Å². The Morgan fingerprint density at radius 1 is 0.679 bits per heavy atom. The second-order valence-electron chi connectivity index (χ2n) is 17.5. The van der Waals surface area contributed by atoms with Gasteiger partial charge in [0.1, 0.15) is 0 Å². The highest BCUT2D eigenvalue weighted by molar-refractivity contribution is 5.84. The fourth-order valence-electron chi connectivity index (χ4n) is 11.3. The van der Waals surface area contributed by atoms with E-state index in [1.54, 1.807) is 11.1 Å². The van der Waals surface area contributed by atoms with Crippen molar-refractivity contribution in [2.75, 3.05) is 5.32 Å². The number of nitrogens with one attached hydrogen (secondary N) is 3. The first-order valence-electron chi connectivity index (χ1n) is 22.2. The van der Waals surface area contributed by atoms with E-state index in [-0.39, 0.29) is 12.3 Å². The Labute approximate surface area is 335 Å². The first-order valence-corrected chi connectivity index (χ1v) is 22.2. The normalized spacial score (nSPS) is 34.0. The van der Waals surface area contributed by atoms with Crippen molar-refractivity contribution in [3.05, 3.63) is 167 Å². The number of anilines is 1. The second-order valence-corrected chi connectivity index (χ2v) is 17.5. The molecule has 0 aromatic heterocycles. The lowest BCUT2D eigenvalue weighted by atomic mass is 9.80. The Hall–Kier alpha value is -4.22. The van der Waals surface area contributed by atoms with Gasteiger partial charge in [0, 0.05) is 53.7 Å². The Morgan fingerprint density at radius 3 is 2.46 bits per heavy atom. The Bertz CT molecular complexity index is 2060. The van der Waals surface area contributed by atoms with Gasteiger partial charge in [-0.25, -0.2) is 0 Å². The molecule has 2 aliphatic heterocycles. The van der Waals surface area contributed by atoms with Crippen molar-refractivity contribution in [3.63, 3.8) is 0 Å². The summed E-state index contributed by atoms with van der Waals surface area (Å²) < 4.78 is 0. The zero-order chi connectivity index (χ0) is 37.3. The lowest BCUT2D eigenvalue weighted by molar-refractivity contribution is 0.158. The number of hydrogen-bond donors (Lipinski definition) is 3. The largest absolute Gasteiger partial charge is 0.369 e. The summed E-state index contributed by atoms with van der Waals surface area (Å²) in [4.78, 5) is 2.90. The van der Waals surface area contributed by atoms with Crippen LogP contribution >= 0.6 is 0 Å². The van der Waals surface area contributed by atoms with Crippen LogP contribution in [-0.2, 0) is 0 Å². The van der Waals surface area contributed by atoms with Gasteiger partial charge in [0.15, 0.2) is 0 Å². The number of fused-ring (bicyclic) bond motifs is 3. The minimum Gasteiger partial charge on any atom is -0.369 e. The van der Waals surface area contributed by atoms with Gasteiger partial charge >= 0.3 is 0 Å². The minimum absolute atomic E-state index is 0.154. The van der Waals surface area contributed by atoms with E-state index in [1.807, 2.05) is 0 Å². The topological polar surface area (TPSA) is 39.3 Å². The van der Waals surface area contributed by atoms with Crippen LogP contribution in [0, 0.1) is 11.8 Å². The Morgan fingerprint density at radius 2 is 1.61 bits per heavy atom. The van der Waals surface area contributed by atoms with E-state index in [9.17, 15) is 0 Å². The molecule has 0 spiro atoms. The van der Waals surface area contributed by atoms with E-state index < -0.39 is 0 Å². The number of rotatable bonds is 8. The van der Waals surface area contributed by atoms with Crippen LogP contribution < -0.4 is 16.0 Å². The maximum absolute atomic E-state index is 4.08. The van der Waals surface area contributed by atoms with Gasteiger partial charge in [0.05, 0.1) is 12.3 Å². The molecule has 2 heterocycles. The predicted molar refractivity (Wildman–Crippen MR) is 235 cm³/mol. The van der Waals surface area contributed by atoms with Gasteiger partial charge in [0.2, 0.25) is 0 Å². The highest BCUT2D eigenvalue weighted by Crippen LogP contribution is 2.48. The maximum atomic E-state index is 4.08. The number of hydrogen-bond acceptors (Lipinski definition) is 4. The maximum Gasteiger partial charge on any atom is 0.0798 e. The molecule has 0 amide bonds. The third-order valence-corrected chi connectivity index (χ3v) is 14.2. The number of allylic oxidation sites excluding steroid dienone is 18. The van der Waals surface area contributed by atoms with E-state index in [0.29, 0.717) is 36.0 Å². The fraction of sp³-hybridized carbons (Fsp3) is 0.423. The summed E-state index contributed by atoms with van der Waals surface area (Å²) in [5.74, 6) is 1.08. The molecule has 7 aliphatic carbocycles. The van der Waals surface area contributed by atoms with E-state index in [4.69, 9.17) is 0 Å². The van der Waals surface area contributed by atoms with E-state index in [0.717, 1.165) is 51.4 Å². The molecule has 2 fully saturated rings. The van der Waals surface area contributed by atoms with Crippen molar-refractivity contribution in [2.45, 2.75) is 126 Å². The highest BCUT2D eigenvalue weighted by Gasteiger charge is 2.47. The standard InChI is InChI=1S/C52H60N4/c1-4-15-36(16-5-1)37-27-29-38(30-28-37)48-35-51(55-52(54-48)39-17-6-2-7-18-39)53-47-25-12-10-23-44(47)42-20-14-19-40(33-42)41-31-32-50-46(34-41)45-24-11-13-26-49(45)56(50)43-21-8-3-9-22-43/h1-2,4,6-8,10,12-13,15,17,20-21,23,25-27,29,31,33-34,39,43,45,48-55H,3,5,9,11,14,16,18-19,22,24,28,30,32,35H2. The zero-order valence-corrected chi connectivity index (χ0v) is 33.1. The first kappa shape index (κ1) is 36.1. The van der Waals surface area contributed by atoms with Crippen molar-refractivity contribution in [1.29, 1.82) is 0 Å². The Kier molecular flexibility index (Phi) is 10.5. The Balaban J connectivity index is 0.889. The predicted octanol–water partition coefficient (Wildman–Crippen LogP) is 11.2. The van der Waals surface area contributed by atoms with Crippen molar-refractivity contribution < 1.29 is 0 Å². The average Bonchev–Trinajstić information content (AvgIpc) is 3.61. The molecule has 4 nitrogen and oxygen atoms in total. The average molecular weight is 741 g/mol. The van der Waals surface area contributed by atoms with Crippen LogP contribution in [0.25, 0.3) is 5.57 Å². The van der Waals surface area contributed by atoms with Gasteiger partial charge in [-0.3, -0.25) is 15.5 Å². The van der Waals surface area contributed by atoms with Crippen LogP contribution in [0.15, 0.2) is 161 Å². The molecule has 0 saturated carbocycles. The number of benzene rings is 1. The first-order chi connectivity index (χ1) is 27.7. The molecule has 56 heavy (non-hydrogen) atoms. The summed E-state index contributed by atoms with van der Waals surface area (Å²) >= 11 is 0. The third kappa shape index (κ3) is 7.37. The second kappa shape index (κ2) is 16.3. The quantitative estimate of drug-likeness (QED) is 0.232. The fourth-order valence-corrected chi connectivity index (χ4v) is 11.3. The zero-order valence-electron chi connectivity index (χ0n) is 33.1. The van der Waals surface area contributed by atoms with Crippen molar-refractivity contribution in [2.24, 2.45) is 11.8 Å². The van der Waals surface area contributed by atoms with Crippen LogP contribution in [0.3, 0.4) is 0 Å². The summed E-state index contributed by atoms with van der Waals surface area (Å²) in [6.45, 7) is 0. The molecule has 2 saturated heterocycles. The van der Waals surface area contributed by atoms with Crippen LogP contribution in [-0.4, -0.2) is 41.4 Å². The molecule has 10 rings (SSSR count). The van der Waals surface area contributed by atoms with Gasteiger partial charge in [-0.1, -0.05) is 127 Å².